The van der Waals surface area contributed by atoms with Crippen LogP contribution in [-0.2, 0) is 0 Å². The molecule has 2 aromatic carbocycles. The van der Waals surface area contributed by atoms with Crippen molar-refractivity contribution < 1.29 is 9.47 Å². The van der Waals surface area contributed by atoms with E-state index in [1.165, 1.54) is 0 Å². The molecule has 2 N–H and O–H groups in total. The summed E-state index contributed by atoms with van der Waals surface area (Å²) in [6.45, 7) is 2.02. The van der Waals surface area contributed by atoms with E-state index in [0.29, 0.717) is 0 Å². The maximum absolute atomic E-state index is 6.05. The van der Waals surface area contributed by atoms with Gasteiger partial charge in [0.25, 0.3) is 0 Å². The van der Waals surface area contributed by atoms with E-state index in [-0.39, 0.29) is 0 Å². The number of nitrogens with two attached hydrogens (primary N) is 1. The van der Waals surface area contributed by atoms with E-state index < -0.39 is 0 Å². The number of anilines is 1. The Hall–Kier alpha value is -2.16. The van der Waals surface area contributed by atoms with Gasteiger partial charge in [-0.15, -0.1) is 0 Å². The molecule has 0 aliphatic carbocycles. The fraction of sp³-hybridized carbons (Fsp3) is 0.200. The highest BCUT2D eigenvalue weighted by molar-refractivity contribution is 5.78. The van der Waals surface area contributed by atoms with Crippen LogP contribution in [0.1, 0.15) is 5.56 Å². The van der Waals surface area contributed by atoms with Crippen LogP contribution in [0.2, 0.25) is 0 Å². The zero-order valence-corrected chi connectivity index (χ0v) is 10.9. The molecular formula is C15H17NO2. The Morgan fingerprint density at radius 3 is 2.00 bits per heavy atom. The van der Waals surface area contributed by atoms with Crippen LogP contribution in [0.15, 0.2) is 36.4 Å². The van der Waals surface area contributed by atoms with E-state index in [0.717, 1.165) is 33.9 Å². The second-order valence-corrected chi connectivity index (χ2v) is 4.19. The van der Waals surface area contributed by atoms with Crippen LogP contribution in [0.4, 0.5) is 5.69 Å². The Morgan fingerprint density at radius 2 is 1.50 bits per heavy atom. The standard InChI is InChI=1S/C15H17NO2/c1-10-4-5-14(15(16)6-10)11-7-12(17-2)9-13(8-11)18-3/h4-9H,16H2,1-3H3. The number of benzene rings is 2. The molecule has 0 saturated carbocycles. The first-order chi connectivity index (χ1) is 8.63. The van der Waals surface area contributed by atoms with E-state index in [1.807, 2.05) is 43.3 Å². The summed E-state index contributed by atoms with van der Waals surface area (Å²) in [5.74, 6) is 1.51. The predicted octanol–water partition coefficient (Wildman–Crippen LogP) is 3.26. The summed E-state index contributed by atoms with van der Waals surface area (Å²) < 4.78 is 10.5. The van der Waals surface area contributed by atoms with Crippen LogP contribution in [0.25, 0.3) is 11.1 Å². The lowest BCUT2D eigenvalue weighted by molar-refractivity contribution is 0.394. The number of rotatable bonds is 3. The lowest BCUT2D eigenvalue weighted by Gasteiger charge is -2.11. The highest BCUT2D eigenvalue weighted by Gasteiger charge is 2.07. The first kappa shape index (κ1) is 12.3. The van der Waals surface area contributed by atoms with Gasteiger partial charge in [0.05, 0.1) is 14.2 Å². The summed E-state index contributed by atoms with van der Waals surface area (Å²) in [6, 6.07) is 11.7. The summed E-state index contributed by atoms with van der Waals surface area (Å²) in [6.07, 6.45) is 0. The summed E-state index contributed by atoms with van der Waals surface area (Å²) in [7, 11) is 3.27. The molecule has 0 unspecified atom stereocenters. The van der Waals surface area contributed by atoms with Crippen molar-refractivity contribution in [3.05, 3.63) is 42.0 Å². The fourth-order valence-electron chi connectivity index (χ4n) is 1.91. The highest BCUT2D eigenvalue weighted by Crippen LogP contribution is 2.33. The van der Waals surface area contributed by atoms with Gasteiger partial charge in [0.1, 0.15) is 11.5 Å². The highest BCUT2D eigenvalue weighted by atomic mass is 16.5. The van der Waals surface area contributed by atoms with Crippen LogP contribution >= 0.6 is 0 Å². The first-order valence-corrected chi connectivity index (χ1v) is 5.73. The normalized spacial score (nSPS) is 10.2. The minimum absolute atomic E-state index is 0.754. The average Bonchev–Trinajstić information content (AvgIpc) is 2.38. The number of nitrogen functional groups attached to an aromatic ring is 1. The van der Waals surface area contributed by atoms with Gasteiger partial charge in [-0.3, -0.25) is 0 Å². The lowest BCUT2D eigenvalue weighted by atomic mass is 10.0. The molecule has 0 bridgehead atoms. The van der Waals surface area contributed by atoms with Crippen LogP contribution < -0.4 is 15.2 Å². The van der Waals surface area contributed by atoms with Crippen LogP contribution in [0.3, 0.4) is 0 Å². The third-order valence-corrected chi connectivity index (χ3v) is 2.87. The van der Waals surface area contributed by atoms with Crippen molar-refractivity contribution in [3.63, 3.8) is 0 Å². The molecule has 0 aliphatic rings. The van der Waals surface area contributed by atoms with E-state index in [4.69, 9.17) is 15.2 Å². The Kier molecular flexibility index (Phi) is 3.42. The third-order valence-electron chi connectivity index (χ3n) is 2.87. The molecule has 0 aliphatic heterocycles. The number of hydrogen-bond acceptors (Lipinski definition) is 3. The molecule has 94 valence electrons. The van der Waals surface area contributed by atoms with E-state index in [2.05, 4.69) is 0 Å². The molecule has 0 aromatic heterocycles. The van der Waals surface area contributed by atoms with Gasteiger partial charge in [0.2, 0.25) is 0 Å². The molecule has 3 heteroatoms. The Bertz CT molecular complexity index is 542. The summed E-state index contributed by atoms with van der Waals surface area (Å²) >= 11 is 0. The Balaban J connectivity index is 2.55. The van der Waals surface area contributed by atoms with Crippen molar-refractivity contribution >= 4 is 5.69 Å². The second-order valence-electron chi connectivity index (χ2n) is 4.19. The van der Waals surface area contributed by atoms with Gasteiger partial charge in [-0.1, -0.05) is 12.1 Å². The zero-order chi connectivity index (χ0) is 13.1. The van der Waals surface area contributed by atoms with Crippen molar-refractivity contribution in [2.75, 3.05) is 20.0 Å². The molecule has 3 nitrogen and oxygen atoms in total. The molecule has 0 spiro atoms. The lowest BCUT2D eigenvalue weighted by Crippen LogP contribution is -1.93. The Morgan fingerprint density at radius 1 is 0.889 bits per heavy atom. The maximum Gasteiger partial charge on any atom is 0.123 e. The molecule has 0 heterocycles. The quantitative estimate of drug-likeness (QED) is 0.841. The topological polar surface area (TPSA) is 44.5 Å². The second kappa shape index (κ2) is 5.00. The Labute approximate surface area is 107 Å². The van der Waals surface area contributed by atoms with Gasteiger partial charge in [-0.05, 0) is 36.2 Å². The monoisotopic (exact) mass is 243 g/mol. The minimum Gasteiger partial charge on any atom is -0.497 e. The SMILES string of the molecule is COc1cc(OC)cc(-c2ccc(C)cc2N)c1. The largest absolute Gasteiger partial charge is 0.497 e. The molecule has 18 heavy (non-hydrogen) atoms. The van der Waals surface area contributed by atoms with Crippen molar-refractivity contribution in [2.45, 2.75) is 6.92 Å². The molecule has 0 atom stereocenters. The average molecular weight is 243 g/mol. The predicted molar refractivity (Wildman–Crippen MR) is 74.1 cm³/mol. The van der Waals surface area contributed by atoms with Gasteiger partial charge in [-0.2, -0.15) is 0 Å². The zero-order valence-electron chi connectivity index (χ0n) is 10.9. The van der Waals surface area contributed by atoms with E-state index in [1.54, 1.807) is 14.2 Å². The molecule has 0 saturated heterocycles. The van der Waals surface area contributed by atoms with Crippen molar-refractivity contribution in [1.29, 1.82) is 0 Å². The van der Waals surface area contributed by atoms with Gasteiger partial charge in [-0.25, -0.2) is 0 Å². The van der Waals surface area contributed by atoms with E-state index >= 15 is 0 Å². The summed E-state index contributed by atoms with van der Waals surface area (Å²) in [4.78, 5) is 0. The molecule has 2 rings (SSSR count). The maximum atomic E-state index is 6.05. The van der Waals surface area contributed by atoms with Gasteiger partial charge in [0, 0.05) is 17.3 Å². The first-order valence-electron chi connectivity index (χ1n) is 5.73. The molecular weight excluding hydrogens is 226 g/mol. The van der Waals surface area contributed by atoms with Crippen molar-refractivity contribution in [1.82, 2.24) is 0 Å². The number of aryl methyl sites for hydroxylation is 1. The van der Waals surface area contributed by atoms with Crippen molar-refractivity contribution in [2.24, 2.45) is 0 Å². The number of hydrogen-bond donors (Lipinski definition) is 1. The number of ether oxygens (including phenoxy) is 2. The molecule has 0 radical (unpaired) electrons. The summed E-state index contributed by atoms with van der Waals surface area (Å²) in [5, 5.41) is 0. The minimum atomic E-state index is 0.754. The van der Waals surface area contributed by atoms with Gasteiger partial charge in [0.15, 0.2) is 0 Å². The smallest absolute Gasteiger partial charge is 0.123 e. The van der Waals surface area contributed by atoms with Crippen LogP contribution in [-0.4, -0.2) is 14.2 Å². The van der Waals surface area contributed by atoms with Crippen molar-refractivity contribution in [3.8, 4) is 22.6 Å². The van der Waals surface area contributed by atoms with Gasteiger partial charge >= 0.3 is 0 Å². The van der Waals surface area contributed by atoms with Crippen LogP contribution in [0, 0.1) is 6.92 Å². The van der Waals surface area contributed by atoms with Gasteiger partial charge < -0.3 is 15.2 Å². The third kappa shape index (κ3) is 2.40. The molecule has 2 aromatic rings. The summed E-state index contributed by atoms with van der Waals surface area (Å²) in [5.41, 5.74) is 9.93. The number of methoxy groups -OCH3 is 2. The van der Waals surface area contributed by atoms with Crippen LogP contribution in [0.5, 0.6) is 11.5 Å². The molecule has 0 amide bonds. The fourth-order valence-corrected chi connectivity index (χ4v) is 1.91. The molecule has 0 fully saturated rings. The van der Waals surface area contributed by atoms with E-state index in [9.17, 15) is 0 Å².